The van der Waals surface area contributed by atoms with E-state index < -0.39 is 36.3 Å². The lowest BCUT2D eigenvalue weighted by Crippen LogP contribution is -2.61. The van der Waals surface area contributed by atoms with Crippen LogP contribution in [0.5, 0.6) is 0 Å². The third-order valence-electron chi connectivity index (χ3n) is 2.29. The average molecular weight is 284 g/mol. The minimum Gasteiger partial charge on any atom is -0.477 e. The van der Waals surface area contributed by atoms with Crippen LogP contribution in [-0.4, -0.2) is 35.0 Å². The number of carboxylic acids is 1. The summed E-state index contributed by atoms with van der Waals surface area (Å²) < 4.78 is 89.3. The molecule has 1 N–H and O–H groups in total. The summed E-state index contributed by atoms with van der Waals surface area (Å²) in [6.45, 7) is 1.45. The highest BCUT2D eigenvalue weighted by molar-refractivity contribution is 5.77. The van der Waals surface area contributed by atoms with Gasteiger partial charge in [-0.2, -0.15) is 26.3 Å². The molecule has 1 unspecified atom stereocenters. The fraction of sp³-hybridized carbons (Fsp3) is 0.889. The van der Waals surface area contributed by atoms with Crippen LogP contribution in [0.3, 0.4) is 0 Å². The summed E-state index contributed by atoms with van der Waals surface area (Å²) in [5, 5.41) is 7.81. The van der Waals surface area contributed by atoms with Crippen molar-refractivity contribution in [3.05, 3.63) is 0 Å². The lowest BCUT2D eigenvalue weighted by Gasteiger charge is -2.32. The van der Waals surface area contributed by atoms with Crippen molar-refractivity contribution >= 4 is 5.97 Å². The molecule has 0 aliphatic rings. The summed E-state index contributed by atoms with van der Waals surface area (Å²) in [7, 11) is 0. The highest BCUT2D eigenvalue weighted by atomic mass is 19.3. The Bertz CT molecular complexity index is 303. The Labute approximate surface area is 97.8 Å². The molecule has 108 valence electrons. The SMILES string of the molecule is CCCCC(F)C(F)(F)C(F)(F)C(F)(F)C(=O)O. The molecule has 18 heavy (non-hydrogen) atoms. The molecule has 9 heteroatoms. The number of unbranched alkanes of at least 4 members (excludes halogenated alkanes) is 1. The summed E-state index contributed by atoms with van der Waals surface area (Å²) in [6, 6.07) is 0. The second kappa shape index (κ2) is 5.31. The largest absolute Gasteiger partial charge is 0.477 e. The van der Waals surface area contributed by atoms with Crippen LogP contribution in [0.2, 0.25) is 0 Å². The molecule has 0 aliphatic carbocycles. The number of aliphatic carboxylic acids is 1. The van der Waals surface area contributed by atoms with Gasteiger partial charge < -0.3 is 5.11 Å². The molecule has 0 aromatic rings. The van der Waals surface area contributed by atoms with E-state index >= 15 is 0 Å². The molecule has 0 saturated carbocycles. The maximum Gasteiger partial charge on any atom is 0.410 e. The van der Waals surface area contributed by atoms with Gasteiger partial charge in [-0.05, 0) is 6.42 Å². The van der Waals surface area contributed by atoms with Crippen molar-refractivity contribution in [2.24, 2.45) is 0 Å². The van der Waals surface area contributed by atoms with Crippen LogP contribution < -0.4 is 0 Å². The fourth-order valence-electron chi connectivity index (χ4n) is 1.10. The number of rotatable bonds is 7. The highest BCUT2D eigenvalue weighted by Gasteiger charge is 2.77. The monoisotopic (exact) mass is 284 g/mol. The van der Waals surface area contributed by atoms with E-state index in [1.807, 2.05) is 0 Å². The molecule has 1 atom stereocenters. The third kappa shape index (κ3) is 2.69. The number of carboxylic acid groups (broad SMARTS) is 1. The van der Waals surface area contributed by atoms with Gasteiger partial charge in [-0.1, -0.05) is 19.8 Å². The third-order valence-corrected chi connectivity index (χ3v) is 2.29. The number of halogens is 7. The van der Waals surface area contributed by atoms with Crippen LogP contribution in [-0.2, 0) is 4.79 Å². The molecule has 0 amide bonds. The van der Waals surface area contributed by atoms with Gasteiger partial charge in [0.05, 0.1) is 0 Å². The molecule has 0 saturated heterocycles. The van der Waals surface area contributed by atoms with Crippen molar-refractivity contribution < 1.29 is 40.6 Å². The molecule has 0 aromatic carbocycles. The van der Waals surface area contributed by atoms with E-state index in [1.165, 1.54) is 6.92 Å². The van der Waals surface area contributed by atoms with Gasteiger partial charge in [-0.25, -0.2) is 9.18 Å². The van der Waals surface area contributed by atoms with Crippen LogP contribution in [0.15, 0.2) is 0 Å². The van der Waals surface area contributed by atoms with E-state index in [0.29, 0.717) is 0 Å². The lowest BCUT2D eigenvalue weighted by atomic mass is 9.97. The summed E-state index contributed by atoms with van der Waals surface area (Å²) in [5.41, 5.74) is 0. The minimum absolute atomic E-state index is 0.192. The van der Waals surface area contributed by atoms with Gasteiger partial charge in [-0.15, -0.1) is 0 Å². The van der Waals surface area contributed by atoms with Gasteiger partial charge in [0.15, 0.2) is 6.17 Å². The van der Waals surface area contributed by atoms with Crippen LogP contribution in [0, 0.1) is 0 Å². The summed E-state index contributed by atoms with van der Waals surface area (Å²) in [5.74, 6) is -21.6. The van der Waals surface area contributed by atoms with Gasteiger partial charge in [0.2, 0.25) is 0 Å². The Morgan fingerprint density at radius 1 is 1.17 bits per heavy atom. The predicted octanol–water partition coefficient (Wildman–Crippen LogP) is 3.51. The Morgan fingerprint density at radius 2 is 1.61 bits per heavy atom. The van der Waals surface area contributed by atoms with E-state index in [1.54, 1.807) is 0 Å². The van der Waals surface area contributed by atoms with Gasteiger partial charge in [0.25, 0.3) is 0 Å². The van der Waals surface area contributed by atoms with Crippen molar-refractivity contribution in [2.45, 2.75) is 50.1 Å². The van der Waals surface area contributed by atoms with Crippen molar-refractivity contribution in [2.75, 3.05) is 0 Å². The molecule has 0 aromatic heterocycles. The second-order valence-electron chi connectivity index (χ2n) is 3.69. The number of alkyl halides is 7. The van der Waals surface area contributed by atoms with Crippen LogP contribution in [0.4, 0.5) is 30.7 Å². The summed E-state index contributed by atoms with van der Waals surface area (Å²) >= 11 is 0. The number of hydrogen-bond acceptors (Lipinski definition) is 1. The van der Waals surface area contributed by atoms with E-state index in [9.17, 15) is 35.5 Å². The standard InChI is InChI=1S/C9H11F7O2/c1-2-3-4-5(10)7(11,12)9(15,16)8(13,14)6(17)18/h5H,2-4H2,1H3,(H,17,18). The quantitative estimate of drug-likeness (QED) is 0.726. The first-order valence-corrected chi connectivity index (χ1v) is 4.93. The topological polar surface area (TPSA) is 37.3 Å². The van der Waals surface area contributed by atoms with E-state index in [4.69, 9.17) is 5.11 Å². The van der Waals surface area contributed by atoms with Gasteiger partial charge >= 0.3 is 23.7 Å². The zero-order chi connectivity index (χ0) is 14.8. The second-order valence-corrected chi connectivity index (χ2v) is 3.69. The smallest absolute Gasteiger partial charge is 0.410 e. The Kier molecular flexibility index (Phi) is 5.01. The zero-order valence-corrected chi connectivity index (χ0v) is 9.20. The Hall–Kier alpha value is -1.02. The predicted molar refractivity (Wildman–Crippen MR) is 46.9 cm³/mol. The van der Waals surface area contributed by atoms with Crippen molar-refractivity contribution in [3.8, 4) is 0 Å². The first kappa shape index (κ1) is 17.0. The van der Waals surface area contributed by atoms with E-state index in [2.05, 4.69) is 0 Å². The van der Waals surface area contributed by atoms with Crippen molar-refractivity contribution in [1.82, 2.24) is 0 Å². The molecule has 0 heterocycles. The van der Waals surface area contributed by atoms with Gasteiger partial charge in [-0.3, -0.25) is 0 Å². The molecule has 0 fully saturated rings. The summed E-state index contributed by atoms with van der Waals surface area (Å²) in [4.78, 5) is 9.87. The Morgan fingerprint density at radius 3 is 1.94 bits per heavy atom. The summed E-state index contributed by atoms with van der Waals surface area (Å²) in [6.07, 6.45) is -4.63. The minimum atomic E-state index is -6.31. The van der Waals surface area contributed by atoms with Gasteiger partial charge in [0.1, 0.15) is 0 Å². The van der Waals surface area contributed by atoms with E-state index in [0.717, 1.165) is 0 Å². The van der Waals surface area contributed by atoms with Crippen molar-refractivity contribution in [3.63, 3.8) is 0 Å². The van der Waals surface area contributed by atoms with Crippen LogP contribution in [0.25, 0.3) is 0 Å². The average Bonchev–Trinajstić information content (AvgIpc) is 2.24. The fourth-order valence-corrected chi connectivity index (χ4v) is 1.10. The Balaban J connectivity index is 5.24. The normalized spacial score (nSPS) is 15.6. The lowest BCUT2D eigenvalue weighted by molar-refractivity contribution is -0.318. The maximum atomic E-state index is 12.9. The zero-order valence-electron chi connectivity index (χ0n) is 9.20. The van der Waals surface area contributed by atoms with Crippen LogP contribution in [0.1, 0.15) is 26.2 Å². The first-order chi connectivity index (χ1) is 7.92. The highest BCUT2D eigenvalue weighted by Crippen LogP contribution is 2.49. The molecular formula is C9H11F7O2. The van der Waals surface area contributed by atoms with Crippen LogP contribution >= 0.6 is 0 Å². The molecule has 0 spiro atoms. The molecule has 0 rings (SSSR count). The van der Waals surface area contributed by atoms with E-state index in [-0.39, 0.29) is 12.8 Å². The molecule has 2 nitrogen and oxygen atoms in total. The molecule has 0 aliphatic heterocycles. The first-order valence-electron chi connectivity index (χ1n) is 4.93. The van der Waals surface area contributed by atoms with Gasteiger partial charge in [0, 0.05) is 0 Å². The molecule has 0 radical (unpaired) electrons. The molecule has 0 bridgehead atoms. The van der Waals surface area contributed by atoms with Crippen molar-refractivity contribution in [1.29, 1.82) is 0 Å². The number of hydrogen-bond donors (Lipinski definition) is 1. The number of carbonyl (C=O) groups is 1. The maximum absolute atomic E-state index is 12.9. The molecular weight excluding hydrogens is 273 g/mol.